The molecule has 0 saturated heterocycles. The number of hydrogen-bond donors (Lipinski definition) is 0. The normalized spacial score (nSPS) is 13.4. The first-order chi connectivity index (χ1) is 12.9. The lowest BCUT2D eigenvalue weighted by Gasteiger charge is -2.30. The lowest BCUT2D eigenvalue weighted by Crippen LogP contribution is -2.18. The summed E-state index contributed by atoms with van der Waals surface area (Å²) in [5, 5.41) is 0. The Kier molecular flexibility index (Phi) is 7.61. The predicted molar refractivity (Wildman–Crippen MR) is 121 cm³/mol. The van der Waals surface area contributed by atoms with Crippen LogP contribution in [-0.4, -0.2) is 0 Å². The van der Waals surface area contributed by atoms with Gasteiger partial charge in [0.15, 0.2) is 0 Å². The fraction of sp³-hybridized carbons (Fsp3) is 0.259. The highest BCUT2D eigenvalue weighted by atomic mass is 14.3. The Morgan fingerprint density at radius 2 is 1.56 bits per heavy atom. The molecular weight excluding hydrogens is 324 g/mol. The zero-order valence-corrected chi connectivity index (χ0v) is 17.2. The van der Waals surface area contributed by atoms with Gasteiger partial charge in [-0.25, -0.2) is 0 Å². The van der Waals surface area contributed by atoms with Crippen LogP contribution in [0, 0.1) is 5.41 Å². The van der Waals surface area contributed by atoms with Crippen LogP contribution >= 0.6 is 0 Å². The van der Waals surface area contributed by atoms with E-state index in [1.54, 1.807) is 0 Å². The van der Waals surface area contributed by atoms with Crippen molar-refractivity contribution in [3.8, 4) is 0 Å². The van der Waals surface area contributed by atoms with E-state index in [4.69, 9.17) is 0 Å². The summed E-state index contributed by atoms with van der Waals surface area (Å²) in [6, 6.07) is 21.2. The topological polar surface area (TPSA) is 0 Å². The molecular formula is C27H32. The lowest BCUT2D eigenvalue weighted by molar-refractivity contribution is 0.426. The van der Waals surface area contributed by atoms with E-state index < -0.39 is 0 Å². The minimum absolute atomic E-state index is 0.0296. The number of benzene rings is 2. The van der Waals surface area contributed by atoms with E-state index in [1.807, 2.05) is 0 Å². The van der Waals surface area contributed by atoms with Gasteiger partial charge < -0.3 is 0 Å². The molecule has 0 aliphatic rings. The van der Waals surface area contributed by atoms with Gasteiger partial charge in [0.1, 0.15) is 0 Å². The van der Waals surface area contributed by atoms with Gasteiger partial charge in [-0.15, -0.1) is 6.58 Å². The van der Waals surface area contributed by atoms with Crippen molar-refractivity contribution in [2.75, 3.05) is 0 Å². The van der Waals surface area contributed by atoms with E-state index in [-0.39, 0.29) is 11.3 Å². The Hall–Kier alpha value is -2.60. The number of rotatable bonds is 8. The van der Waals surface area contributed by atoms with Gasteiger partial charge in [-0.3, -0.25) is 0 Å². The van der Waals surface area contributed by atoms with Crippen molar-refractivity contribution in [2.24, 2.45) is 5.41 Å². The maximum Gasteiger partial charge on any atom is 0.0109 e. The standard InChI is InChI=1S/C27H32/c1-6-27(4,5)26(25-15-11-8-12-16-25)21-24(18-17-22(2)3)20-19-23-13-9-7-10-14-23/h6-17,19-21,26H,1,18H2,2-5H3/b20-19+,24-21-/t26-/m1/s1. The highest BCUT2D eigenvalue weighted by Gasteiger charge is 2.26. The van der Waals surface area contributed by atoms with Gasteiger partial charge in [0.05, 0.1) is 0 Å². The fourth-order valence-corrected chi connectivity index (χ4v) is 3.02. The van der Waals surface area contributed by atoms with Crippen LogP contribution in [0.2, 0.25) is 0 Å². The molecule has 0 heteroatoms. The summed E-state index contributed by atoms with van der Waals surface area (Å²) in [6.45, 7) is 12.9. The summed E-state index contributed by atoms with van der Waals surface area (Å²) in [4.78, 5) is 0. The van der Waals surface area contributed by atoms with Crippen molar-refractivity contribution < 1.29 is 0 Å². The Bertz CT molecular complexity index is 798. The van der Waals surface area contributed by atoms with E-state index in [0.29, 0.717) is 0 Å². The third-order valence-electron chi connectivity index (χ3n) is 4.90. The average molecular weight is 357 g/mol. The second-order valence-electron chi connectivity index (χ2n) is 7.89. The van der Waals surface area contributed by atoms with E-state index in [2.05, 4.69) is 125 Å². The van der Waals surface area contributed by atoms with Crippen molar-refractivity contribution in [2.45, 2.75) is 40.0 Å². The summed E-state index contributed by atoms with van der Waals surface area (Å²) < 4.78 is 0. The zero-order valence-electron chi connectivity index (χ0n) is 17.2. The lowest BCUT2D eigenvalue weighted by atomic mass is 9.74. The molecule has 0 nitrogen and oxygen atoms in total. The Morgan fingerprint density at radius 1 is 0.963 bits per heavy atom. The molecule has 0 heterocycles. The molecule has 0 saturated carbocycles. The highest BCUT2D eigenvalue weighted by Crippen LogP contribution is 2.39. The van der Waals surface area contributed by atoms with E-state index in [9.17, 15) is 0 Å². The Balaban J connectivity index is 2.45. The van der Waals surface area contributed by atoms with E-state index in [0.717, 1.165) is 6.42 Å². The van der Waals surface area contributed by atoms with E-state index >= 15 is 0 Å². The van der Waals surface area contributed by atoms with Crippen LogP contribution in [-0.2, 0) is 0 Å². The maximum absolute atomic E-state index is 4.09. The van der Waals surface area contributed by atoms with Gasteiger partial charge in [0.2, 0.25) is 0 Å². The molecule has 27 heavy (non-hydrogen) atoms. The molecule has 0 radical (unpaired) electrons. The summed E-state index contributed by atoms with van der Waals surface area (Å²) in [5.74, 6) is 0.275. The first-order valence-corrected chi connectivity index (χ1v) is 9.68. The minimum atomic E-state index is -0.0296. The van der Waals surface area contributed by atoms with Crippen molar-refractivity contribution in [3.05, 3.63) is 114 Å². The largest absolute Gasteiger partial charge is 0.103 e. The third kappa shape index (κ3) is 6.57. The summed E-state index contributed by atoms with van der Waals surface area (Å²) in [5.41, 5.74) is 5.18. The van der Waals surface area contributed by atoms with Crippen LogP contribution in [0.3, 0.4) is 0 Å². The van der Waals surface area contributed by atoms with Gasteiger partial charge in [-0.05, 0) is 42.4 Å². The molecule has 0 amide bonds. The van der Waals surface area contributed by atoms with Crippen LogP contribution in [0.5, 0.6) is 0 Å². The highest BCUT2D eigenvalue weighted by molar-refractivity contribution is 5.53. The fourth-order valence-electron chi connectivity index (χ4n) is 3.02. The van der Waals surface area contributed by atoms with Crippen LogP contribution in [0.1, 0.15) is 51.2 Å². The smallest absolute Gasteiger partial charge is 0.0109 e. The quantitative estimate of drug-likeness (QED) is 0.332. The van der Waals surface area contributed by atoms with Crippen molar-refractivity contribution in [1.82, 2.24) is 0 Å². The molecule has 0 bridgehead atoms. The third-order valence-corrected chi connectivity index (χ3v) is 4.90. The van der Waals surface area contributed by atoms with Gasteiger partial charge in [0.25, 0.3) is 0 Å². The maximum atomic E-state index is 4.09. The second kappa shape index (κ2) is 9.92. The van der Waals surface area contributed by atoms with E-state index in [1.165, 1.54) is 22.3 Å². The van der Waals surface area contributed by atoms with Crippen LogP contribution < -0.4 is 0 Å². The molecule has 0 aromatic heterocycles. The first kappa shape index (κ1) is 20.7. The first-order valence-electron chi connectivity index (χ1n) is 9.68. The molecule has 0 N–H and O–H groups in total. The Morgan fingerprint density at radius 3 is 2.11 bits per heavy atom. The van der Waals surface area contributed by atoms with Crippen molar-refractivity contribution >= 4 is 6.08 Å². The number of hydrogen-bond acceptors (Lipinski definition) is 0. The monoisotopic (exact) mass is 356 g/mol. The predicted octanol–water partition coefficient (Wildman–Crippen LogP) is 7.98. The molecule has 2 rings (SSSR count). The average Bonchev–Trinajstić information content (AvgIpc) is 2.68. The summed E-state index contributed by atoms with van der Waals surface area (Å²) in [7, 11) is 0. The van der Waals surface area contributed by atoms with Gasteiger partial charge in [-0.1, -0.05) is 110 Å². The van der Waals surface area contributed by atoms with Gasteiger partial charge in [0, 0.05) is 5.92 Å². The summed E-state index contributed by atoms with van der Waals surface area (Å²) >= 11 is 0. The molecule has 0 aliphatic carbocycles. The summed E-state index contributed by atoms with van der Waals surface area (Å²) in [6.07, 6.45) is 12.2. The Labute approximate surface area is 165 Å². The molecule has 0 spiro atoms. The molecule has 0 aliphatic heterocycles. The molecule has 140 valence electrons. The molecule has 0 fully saturated rings. The molecule has 2 aromatic rings. The van der Waals surface area contributed by atoms with Crippen LogP contribution in [0.4, 0.5) is 0 Å². The van der Waals surface area contributed by atoms with Crippen molar-refractivity contribution in [1.29, 1.82) is 0 Å². The number of allylic oxidation sites excluding steroid dienone is 6. The van der Waals surface area contributed by atoms with Crippen LogP contribution in [0.25, 0.3) is 6.08 Å². The second-order valence-corrected chi connectivity index (χ2v) is 7.89. The SMILES string of the molecule is C=CC(C)(C)[C@H](/C=C(\C=C\c1ccccc1)CC=C(C)C)c1ccccc1. The molecule has 1 atom stereocenters. The van der Waals surface area contributed by atoms with Gasteiger partial charge in [-0.2, -0.15) is 0 Å². The minimum Gasteiger partial charge on any atom is -0.103 e. The molecule has 2 aromatic carbocycles. The van der Waals surface area contributed by atoms with Crippen LogP contribution in [0.15, 0.2) is 103 Å². The zero-order chi connectivity index (χ0) is 19.7. The van der Waals surface area contributed by atoms with Crippen molar-refractivity contribution in [3.63, 3.8) is 0 Å². The van der Waals surface area contributed by atoms with Gasteiger partial charge >= 0.3 is 0 Å². The molecule has 0 unspecified atom stereocenters.